The van der Waals surface area contributed by atoms with Crippen LogP contribution in [0.3, 0.4) is 0 Å². The topological polar surface area (TPSA) is 80.7 Å². The molecule has 1 unspecified atom stereocenters. The number of hydrogen-bond acceptors (Lipinski definition) is 4. The van der Waals surface area contributed by atoms with Gasteiger partial charge >= 0.3 is 5.97 Å². The van der Waals surface area contributed by atoms with Crippen molar-refractivity contribution in [2.75, 3.05) is 6.61 Å². The third kappa shape index (κ3) is 7.27. The average molecular weight is 322 g/mol. The molecule has 0 saturated carbocycles. The number of ether oxygens (including phenoxy) is 1. The summed E-state index contributed by atoms with van der Waals surface area (Å²) in [6.45, 7) is 5.12. The Balaban J connectivity index is 4.19. The molecule has 0 fully saturated rings. The van der Waals surface area contributed by atoms with Crippen LogP contribution in [0.25, 0.3) is 0 Å². The van der Waals surface area contributed by atoms with Gasteiger partial charge in [-0.3, -0.25) is 9.35 Å². The smallest absolute Gasteiger partial charge is 0.329 e. The van der Waals surface area contributed by atoms with E-state index in [0.29, 0.717) is 6.42 Å². The molecule has 0 aliphatic rings. The fraction of sp³-hybridized carbons (Fsp3) is 0.933. The van der Waals surface area contributed by atoms with Gasteiger partial charge in [-0.2, -0.15) is 8.42 Å². The summed E-state index contributed by atoms with van der Waals surface area (Å²) < 4.78 is 35.2. The molecule has 0 bridgehead atoms. The summed E-state index contributed by atoms with van der Waals surface area (Å²) in [7, 11) is -4.47. The maximum absolute atomic E-state index is 11.8. The quantitative estimate of drug-likeness (QED) is 0.336. The van der Waals surface area contributed by atoms with Crippen LogP contribution in [-0.2, 0) is 19.6 Å². The Morgan fingerprint density at radius 1 is 1.00 bits per heavy atom. The highest BCUT2D eigenvalue weighted by atomic mass is 32.2. The van der Waals surface area contributed by atoms with Crippen molar-refractivity contribution in [3.05, 3.63) is 0 Å². The predicted octanol–water partition coefficient (Wildman–Crippen LogP) is 3.73. The van der Waals surface area contributed by atoms with Crippen LogP contribution in [0.2, 0.25) is 0 Å². The number of carbonyl (C=O) groups is 1. The molecule has 5 nitrogen and oxygen atoms in total. The normalized spacial score (nSPS) is 14.7. The van der Waals surface area contributed by atoms with Crippen LogP contribution in [0.15, 0.2) is 0 Å². The summed E-state index contributed by atoms with van der Waals surface area (Å²) in [6, 6.07) is 0. The zero-order chi connectivity index (χ0) is 16.4. The monoisotopic (exact) mass is 322 g/mol. The first-order valence-electron chi connectivity index (χ1n) is 7.93. The molecule has 0 spiro atoms. The molecule has 0 rings (SSSR count). The van der Waals surface area contributed by atoms with E-state index in [-0.39, 0.29) is 13.0 Å². The van der Waals surface area contributed by atoms with E-state index in [1.54, 1.807) is 6.92 Å². The number of unbranched alkanes of at least 4 members (excludes halogenated alkanes) is 7. The zero-order valence-electron chi connectivity index (χ0n) is 13.6. The molecule has 0 aliphatic heterocycles. The molecule has 21 heavy (non-hydrogen) atoms. The Morgan fingerprint density at radius 3 is 1.90 bits per heavy atom. The summed E-state index contributed by atoms with van der Waals surface area (Å²) >= 11 is 0. The largest absolute Gasteiger partial charge is 0.465 e. The number of esters is 1. The molecule has 0 aliphatic carbocycles. The minimum atomic E-state index is -4.47. The van der Waals surface area contributed by atoms with E-state index in [1.807, 2.05) is 0 Å². The number of rotatable bonds is 12. The van der Waals surface area contributed by atoms with Crippen molar-refractivity contribution < 1.29 is 22.5 Å². The summed E-state index contributed by atoms with van der Waals surface area (Å²) in [4.78, 5) is 11.8. The maximum Gasteiger partial charge on any atom is 0.329 e. The molecule has 0 radical (unpaired) electrons. The predicted molar refractivity (Wildman–Crippen MR) is 83.8 cm³/mol. The lowest BCUT2D eigenvalue weighted by Gasteiger charge is -2.23. The Hall–Kier alpha value is -0.620. The van der Waals surface area contributed by atoms with Gasteiger partial charge in [0.05, 0.1) is 6.61 Å². The molecule has 0 aromatic heterocycles. The van der Waals surface area contributed by atoms with Gasteiger partial charge in [-0.1, -0.05) is 58.3 Å². The van der Waals surface area contributed by atoms with Crippen molar-refractivity contribution in [2.45, 2.75) is 83.3 Å². The minimum absolute atomic E-state index is 0.0969. The summed E-state index contributed by atoms with van der Waals surface area (Å²) in [5.74, 6) is -0.865. The molecule has 6 heteroatoms. The lowest BCUT2D eigenvalue weighted by atomic mass is 10.0. The Bertz CT molecular complexity index is 391. The molecule has 0 saturated heterocycles. The van der Waals surface area contributed by atoms with Crippen LogP contribution in [0, 0.1) is 0 Å². The highest BCUT2D eigenvalue weighted by Crippen LogP contribution is 2.26. The van der Waals surface area contributed by atoms with Gasteiger partial charge in [-0.25, -0.2) is 0 Å². The first-order valence-corrected chi connectivity index (χ1v) is 9.37. The van der Waals surface area contributed by atoms with E-state index >= 15 is 0 Å². The van der Waals surface area contributed by atoms with Gasteiger partial charge in [-0.15, -0.1) is 0 Å². The molecular weight excluding hydrogens is 292 g/mol. The standard InChI is InChI=1S/C15H30O5S/c1-4-6-7-8-9-10-11-12-13-15(3,21(17,18)19)14(16)20-5-2/h4-13H2,1-3H3,(H,17,18,19). The molecule has 0 aromatic carbocycles. The second-order valence-corrected chi connectivity index (χ2v) is 7.50. The van der Waals surface area contributed by atoms with Gasteiger partial charge in [0.15, 0.2) is 4.75 Å². The Morgan fingerprint density at radius 2 is 1.48 bits per heavy atom. The lowest BCUT2D eigenvalue weighted by Crippen LogP contribution is -2.44. The summed E-state index contributed by atoms with van der Waals surface area (Å²) in [6.07, 6.45) is 8.59. The zero-order valence-corrected chi connectivity index (χ0v) is 14.4. The third-order valence-electron chi connectivity index (χ3n) is 3.78. The van der Waals surface area contributed by atoms with Crippen LogP contribution in [-0.4, -0.2) is 30.3 Å². The van der Waals surface area contributed by atoms with E-state index in [2.05, 4.69) is 6.92 Å². The molecule has 0 heterocycles. The SMILES string of the molecule is CCCCCCCCCCC(C)(C(=O)OCC)S(=O)(=O)O. The molecular formula is C15H30O5S. The first-order chi connectivity index (χ1) is 9.79. The molecule has 1 atom stereocenters. The van der Waals surface area contributed by atoms with E-state index in [9.17, 15) is 17.8 Å². The van der Waals surface area contributed by atoms with Gasteiger partial charge in [-0.05, 0) is 20.3 Å². The number of hydrogen-bond donors (Lipinski definition) is 1. The van der Waals surface area contributed by atoms with Crippen molar-refractivity contribution >= 4 is 16.1 Å². The van der Waals surface area contributed by atoms with Crippen LogP contribution < -0.4 is 0 Å². The average Bonchev–Trinajstić information content (AvgIpc) is 2.40. The Labute approximate surface area is 129 Å². The minimum Gasteiger partial charge on any atom is -0.465 e. The van der Waals surface area contributed by atoms with Gasteiger partial charge in [0.2, 0.25) is 0 Å². The second-order valence-electron chi connectivity index (χ2n) is 5.65. The van der Waals surface area contributed by atoms with Crippen molar-refractivity contribution in [3.8, 4) is 0 Å². The fourth-order valence-electron chi connectivity index (χ4n) is 2.22. The van der Waals surface area contributed by atoms with Crippen molar-refractivity contribution in [2.24, 2.45) is 0 Å². The lowest BCUT2D eigenvalue weighted by molar-refractivity contribution is -0.146. The van der Waals surface area contributed by atoms with Crippen LogP contribution in [0.4, 0.5) is 0 Å². The molecule has 0 amide bonds. The number of carbonyl (C=O) groups excluding carboxylic acids is 1. The Kier molecular flexibility index (Phi) is 9.86. The van der Waals surface area contributed by atoms with E-state index in [4.69, 9.17) is 4.74 Å². The van der Waals surface area contributed by atoms with E-state index in [0.717, 1.165) is 19.3 Å². The van der Waals surface area contributed by atoms with Crippen LogP contribution >= 0.6 is 0 Å². The van der Waals surface area contributed by atoms with Crippen molar-refractivity contribution in [1.82, 2.24) is 0 Å². The van der Waals surface area contributed by atoms with Gasteiger partial charge in [0.25, 0.3) is 10.1 Å². The van der Waals surface area contributed by atoms with Gasteiger partial charge < -0.3 is 4.74 Å². The van der Waals surface area contributed by atoms with Crippen LogP contribution in [0.5, 0.6) is 0 Å². The highest BCUT2D eigenvalue weighted by Gasteiger charge is 2.46. The van der Waals surface area contributed by atoms with Crippen molar-refractivity contribution in [3.63, 3.8) is 0 Å². The maximum atomic E-state index is 11.8. The van der Waals surface area contributed by atoms with Crippen LogP contribution in [0.1, 0.15) is 78.6 Å². The van der Waals surface area contributed by atoms with E-state index in [1.165, 1.54) is 32.6 Å². The van der Waals surface area contributed by atoms with Gasteiger partial charge in [0, 0.05) is 0 Å². The third-order valence-corrected chi connectivity index (χ3v) is 5.29. The van der Waals surface area contributed by atoms with E-state index < -0.39 is 20.8 Å². The summed E-state index contributed by atoms with van der Waals surface area (Å²) in [5.41, 5.74) is 0. The highest BCUT2D eigenvalue weighted by molar-refractivity contribution is 7.88. The summed E-state index contributed by atoms with van der Waals surface area (Å²) in [5, 5.41) is 0. The second kappa shape index (κ2) is 10.2. The van der Waals surface area contributed by atoms with Crippen molar-refractivity contribution in [1.29, 1.82) is 0 Å². The molecule has 126 valence electrons. The van der Waals surface area contributed by atoms with Gasteiger partial charge in [0.1, 0.15) is 0 Å². The fourth-order valence-corrected chi connectivity index (χ4v) is 2.89. The molecule has 0 aromatic rings. The first kappa shape index (κ1) is 20.4. The molecule has 1 N–H and O–H groups in total.